The van der Waals surface area contributed by atoms with Crippen molar-refractivity contribution >= 4 is 29.5 Å². The Morgan fingerprint density at radius 1 is 0.969 bits per heavy atom. The largest absolute Gasteiger partial charge is 0.465 e. The van der Waals surface area contributed by atoms with Crippen molar-refractivity contribution in [1.82, 2.24) is 9.80 Å². The summed E-state index contributed by atoms with van der Waals surface area (Å²) in [4.78, 5) is 52.5. The van der Waals surface area contributed by atoms with Crippen LogP contribution in [0.4, 0.5) is 10.5 Å². The summed E-state index contributed by atoms with van der Waals surface area (Å²) in [5, 5.41) is 2.84. The molecule has 32 heavy (non-hydrogen) atoms. The lowest BCUT2D eigenvalue weighted by Crippen LogP contribution is -2.44. The number of piperidine rings is 1. The van der Waals surface area contributed by atoms with Gasteiger partial charge >= 0.3 is 12.0 Å². The maximum absolute atomic E-state index is 12.5. The molecule has 0 spiro atoms. The highest BCUT2D eigenvalue weighted by molar-refractivity contribution is 6.21. The van der Waals surface area contributed by atoms with Gasteiger partial charge < -0.3 is 15.0 Å². The molecule has 0 aromatic heterocycles. The highest BCUT2D eigenvalue weighted by atomic mass is 16.5. The van der Waals surface area contributed by atoms with Crippen LogP contribution in [0.1, 0.15) is 40.0 Å². The second-order valence-corrected chi connectivity index (χ2v) is 7.91. The molecule has 8 heteroatoms. The van der Waals surface area contributed by atoms with E-state index in [1.807, 2.05) is 30.3 Å². The van der Waals surface area contributed by atoms with Crippen molar-refractivity contribution in [2.24, 2.45) is 5.92 Å². The number of likely N-dealkylation sites (tertiary alicyclic amines) is 1. The average Bonchev–Trinajstić information content (AvgIpc) is 3.07. The van der Waals surface area contributed by atoms with Crippen LogP contribution in [0, 0.1) is 5.92 Å². The third-order valence-corrected chi connectivity index (χ3v) is 5.72. The first-order valence-corrected chi connectivity index (χ1v) is 10.8. The Kier molecular flexibility index (Phi) is 6.49. The zero-order valence-electron chi connectivity index (χ0n) is 17.7. The number of hydrogen-bond donors (Lipinski definition) is 1. The third kappa shape index (κ3) is 4.64. The van der Waals surface area contributed by atoms with E-state index >= 15 is 0 Å². The van der Waals surface area contributed by atoms with Gasteiger partial charge in [0.25, 0.3) is 11.8 Å². The Labute approximate surface area is 186 Å². The van der Waals surface area contributed by atoms with Crippen molar-refractivity contribution in [1.29, 1.82) is 0 Å². The van der Waals surface area contributed by atoms with E-state index in [2.05, 4.69) is 5.32 Å². The summed E-state index contributed by atoms with van der Waals surface area (Å²) in [6.45, 7) is 1.19. The number of carbonyl (C=O) groups is 4. The van der Waals surface area contributed by atoms with Gasteiger partial charge in [0.2, 0.25) is 0 Å². The smallest absolute Gasteiger partial charge is 0.321 e. The minimum Gasteiger partial charge on any atom is -0.465 e. The third-order valence-electron chi connectivity index (χ3n) is 5.72. The number of ether oxygens (including phenoxy) is 1. The Hall–Kier alpha value is -3.68. The molecular formula is C24H25N3O5. The monoisotopic (exact) mass is 435 g/mol. The Balaban J connectivity index is 1.22. The fourth-order valence-electron chi connectivity index (χ4n) is 4.03. The summed E-state index contributed by atoms with van der Waals surface area (Å²) in [5.41, 5.74) is 1.52. The number of para-hydroxylation sites is 1. The van der Waals surface area contributed by atoms with Crippen LogP contribution in [0.15, 0.2) is 54.6 Å². The Morgan fingerprint density at radius 2 is 1.62 bits per heavy atom. The Bertz CT molecular complexity index is 988. The van der Waals surface area contributed by atoms with Gasteiger partial charge in [0, 0.05) is 25.3 Å². The number of carbonyl (C=O) groups excluding carboxylic acids is 4. The lowest BCUT2D eigenvalue weighted by atomic mass is 9.98. The summed E-state index contributed by atoms with van der Waals surface area (Å²) >= 11 is 0. The number of rotatable bonds is 6. The SMILES string of the molecule is O=C(OCCCN1C(=O)c2ccccc2C1=O)C1CCCN(C(=O)Nc2ccccc2)C1. The second-order valence-electron chi connectivity index (χ2n) is 7.91. The van der Waals surface area contributed by atoms with E-state index < -0.39 is 0 Å². The molecule has 0 radical (unpaired) electrons. The highest BCUT2D eigenvalue weighted by Crippen LogP contribution is 2.23. The molecule has 2 aromatic carbocycles. The van der Waals surface area contributed by atoms with Crippen molar-refractivity contribution in [3.63, 3.8) is 0 Å². The van der Waals surface area contributed by atoms with Crippen LogP contribution in [0.2, 0.25) is 0 Å². The van der Waals surface area contributed by atoms with Gasteiger partial charge in [-0.3, -0.25) is 19.3 Å². The molecule has 4 rings (SSSR count). The molecule has 1 N–H and O–H groups in total. The quantitative estimate of drug-likeness (QED) is 0.427. The number of esters is 1. The summed E-state index contributed by atoms with van der Waals surface area (Å²) in [7, 11) is 0. The van der Waals surface area contributed by atoms with Gasteiger partial charge in [-0.2, -0.15) is 0 Å². The predicted molar refractivity (Wildman–Crippen MR) is 117 cm³/mol. The Morgan fingerprint density at radius 3 is 2.31 bits per heavy atom. The lowest BCUT2D eigenvalue weighted by molar-refractivity contribution is -0.150. The normalized spacial score (nSPS) is 17.8. The molecule has 2 aromatic rings. The number of imide groups is 1. The molecule has 1 atom stereocenters. The van der Waals surface area contributed by atoms with E-state index in [0.717, 1.165) is 6.42 Å². The molecule has 2 aliphatic rings. The number of urea groups is 1. The molecule has 1 unspecified atom stereocenters. The van der Waals surface area contributed by atoms with Crippen molar-refractivity contribution < 1.29 is 23.9 Å². The van der Waals surface area contributed by atoms with E-state index in [1.165, 1.54) is 4.90 Å². The first-order chi connectivity index (χ1) is 15.5. The summed E-state index contributed by atoms with van der Waals surface area (Å²) in [5.74, 6) is -1.37. The van der Waals surface area contributed by atoms with E-state index in [-0.39, 0.29) is 42.9 Å². The zero-order valence-corrected chi connectivity index (χ0v) is 17.7. The van der Waals surface area contributed by atoms with Gasteiger partial charge in [-0.1, -0.05) is 30.3 Å². The molecule has 2 aliphatic heterocycles. The van der Waals surface area contributed by atoms with Crippen molar-refractivity contribution in [2.75, 3.05) is 31.6 Å². The van der Waals surface area contributed by atoms with Crippen molar-refractivity contribution in [3.05, 3.63) is 65.7 Å². The number of anilines is 1. The van der Waals surface area contributed by atoms with Crippen LogP contribution in [-0.4, -0.2) is 59.9 Å². The minimum atomic E-state index is -0.385. The number of nitrogens with one attached hydrogen (secondary N) is 1. The number of amides is 4. The predicted octanol–water partition coefficient (Wildman–Crippen LogP) is 3.16. The van der Waals surface area contributed by atoms with Crippen LogP contribution in [-0.2, 0) is 9.53 Å². The molecule has 0 saturated carbocycles. The average molecular weight is 435 g/mol. The number of hydrogen-bond acceptors (Lipinski definition) is 5. The van der Waals surface area contributed by atoms with Crippen molar-refractivity contribution in [2.45, 2.75) is 19.3 Å². The molecule has 4 amide bonds. The summed E-state index contributed by atoms with van der Waals surface area (Å²) in [6, 6.07) is 15.7. The number of fused-ring (bicyclic) bond motifs is 1. The van der Waals surface area contributed by atoms with E-state index in [1.54, 1.807) is 29.2 Å². The van der Waals surface area contributed by atoms with Crippen molar-refractivity contribution in [3.8, 4) is 0 Å². The molecule has 8 nitrogen and oxygen atoms in total. The summed E-state index contributed by atoms with van der Waals surface area (Å²) < 4.78 is 5.39. The molecule has 2 heterocycles. The zero-order chi connectivity index (χ0) is 22.5. The number of nitrogens with zero attached hydrogens (tertiary/aromatic N) is 2. The van der Waals surface area contributed by atoms with Gasteiger partial charge in [-0.05, 0) is 43.5 Å². The van der Waals surface area contributed by atoms with Crippen LogP contribution >= 0.6 is 0 Å². The van der Waals surface area contributed by atoms with Crippen LogP contribution in [0.5, 0.6) is 0 Å². The van der Waals surface area contributed by atoms with Crippen LogP contribution < -0.4 is 5.32 Å². The standard InChI is InChI=1S/C24H25N3O5/c28-21-19-11-4-5-12-20(19)22(29)27(21)14-7-15-32-23(30)17-8-6-13-26(16-17)24(31)25-18-9-2-1-3-10-18/h1-5,9-12,17H,6-8,13-16H2,(H,25,31). The molecule has 1 fully saturated rings. The number of benzene rings is 2. The molecule has 0 bridgehead atoms. The molecule has 0 aliphatic carbocycles. The van der Waals surface area contributed by atoms with E-state index in [0.29, 0.717) is 42.7 Å². The molecular weight excluding hydrogens is 410 g/mol. The molecule has 166 valence electrons. The van der Waals surface area contributed by atoms with E-state index in [4.69, 9.17) is 4.74 Å². The fraction of sp³-hybridized carbons (Fsp3) is 0.333. The minimum absolute atomic E-state index is 0.110. The maximum Gasteiger partial charge on any atom is 0.321 e. The fourth-order valence-corrected chi connectivity index (χ4v) is 4.03. The van der Waals surface area contributed by atoms with Crippen LogP contribution in [0.25, 0.3) is 0 Å². The van der Waals surface area contributed by atoms with E-state index in [9.17, 15) is 19.2 Å². The summed E-state index contributed by atoms with van der Waals surface area (Å²) in [6.07, 6.45) is 1.74. The van der Waals surface area contributed by atoms with Gasteiger partial charge in [0.1, 0.15) is 0 Å². The van der Waals surface area contributed by atoms with Gasteiger partial charge in [0.15, 0.2) is 0 Å². The van der Waals surface area contributed by atoms with Gasteiger partial charge in [0.05, 0.1) is 23.7 Å². The first kappa shape index (κ1) is 21.5. The lowest BCUT2D eigenvalue weighted by Gasteiger charge is -2.31. The topological polar surface area (TPSA) is 96.0 Å². The highest BCUT2D eigenvalue weighted by Gasteiger charge is 2.35. The second kappa shape index (κ2) is 9.64. The van der Waals surface area contributed by atoms with Gasteiger partial charge in [-0.25, -0.2) is 4.79 Å². The van der Waals surface area contributed by atoms with Crippen LogP contribution in [0.3, 0.4) is 0 Å². The molecule has 1 saturated heterocycles. The van der Waals surface area contributed by atoms with Gasteiger partial charge in [-0.15, -0.1) is 0 Å². The maximum atomic E-state index is 12.5. The first-order valence-electron chi connectivity index (χ1n) is 10.8.